The number of rotatable bonds is 3. The highest BCUT2D eigenvalue weighted by Crippen LogP contribution is 2.42. The lowest BCUT2D eigenvalue weighted by Gasteiger charge is -2.21. The van der Waals surface area contributed by atoms with E-state index in [1.807, 2.05) is 6.92 Å². The van der Waals surface area contributed by atoms with Gasteiger partial charge in [-0.25, -0.2) is 0 Å². The zero-order valence-corrected chi connectivity index (χ0v) is 11.6. The Kier molecular flexibility index (Phi) is 3.07. The van der Waals surface area contributed by atoms with E-state index in [0.717, 1.165) is 5.56 Å². The quantitative estimate of drug-likeness (QED) is 0.713. The molecule has 8 heteroatoms. The lowest BCUT2D eigenvalue weighted by Crippen LogP contribution is -2.37. The molecule has 1 aromatic rings. The molecule has 112 valence electrons. The van der Waals surface area contributed by atoms with Crippen molar-refractivity contribution in [3.63, 3.8) is 0 Å². The van der Waals surface area contributed by atoms with Crippen molar-refractivity contribution in [3.8, 4) is 0 Å². The van der Waals surface area contributed by atoms with E-state index in [2.05, 4.69) is 5.32 Å². The number of nitrogens with two attached hydrogens (primary N) is 1. The van der Waals surface area contributed by atoms with Crippen molar-refractivity contribution in [3.05, 3.63) is 23.2 Å². The number of furan rings is 1. The number of nitrogens with one attached hydrogen (secondary N) is 1. The van der Waals surface area contributed by atoms with Gasteiger partial charge in [0.25, 0.3) is 5.91 Å². The number of carbonyl (C=O) groups excluding carboxylic acids is 3. The number of hydrogen-bond acceptors (Lipinski definition) is 6. The summed E-state index contributed by atoms with van der Waals surface area (Å²) in [5.74, 6) is -1.13. The maximum absolute atomic E-state index is 12.0. The summed E-state index contributed by atoms with van der Waals surface area (Å²) in [6.07, 6.45) is -0.951. The second-order valence-electron chi connectivity index (χ2n) is 5.28. The Balaban J connectivity index is 2.00. The summed E-state index contributed by atoms with van der Waals surface area (Å²) < 4.78 is 5.64. The van der Waals surface area contributed by atoms with Crippen LogP contribution in [0.2, 0.25) is 0 Å². The molecule has 3 N–H and O–H groups in total. The Morgan fingerprint density at radius 2 is 2.10 bits per heavy atom. The van der Waals surface area contributed by atoms with Gasteiger partial charge in [0.15, 0.2) is 6.10 Å². The van der Waals surface area contributed by atoms with Crippen molar-refractivity contribution >= 4 is 17.7 Å². The third-order valence-electron chi connectivity index (χ3n) is 3.82. The van der Waals surface area contributed by atoms with E-state index in [9.17, 15) is 14.4 Å². The minimum Gasteiger partial charge on any atom is -0.464 e. The second kappa shape index (κ2) is 4.68. The zero-order valence-electron chi connectivity index (χ0n) is 11.6. The van der Waals surface area contributed by atoms with E-state index in [-0.39, 0.29) is 6.54 Å². The molecule has 0 radical (unpaired) electrons. The molecular weight excluding hydrogens is 278 g/mol. The van der Waals surface area contributed by atoms with Crippen LogP contribution in [0.15, 0.2) is 10.5 Å². The largest absolute Gasteiger partial charge is 0.464 e. The predicted molar refractivity (Wildman–Crippen MR) is 68.3 cm³/mol. The molecule has 2 aliphatic rings. The fourth-order valence-electron chi connectivity index (χ4n) is 2.75. The molecule has 3 heterocycles. The molecule has 3 unspecified atom stereocenters. The Morgan fingerprint density at radius 3 is 2.67 bits per heavy atom. The van der Waals surface area contributed by atoms with Crippen LogP contribution in [0, 0.1) is 19.8 Å². The van der Waals surface area contributed by atoms with Gasteiger partial charge in [-0.3, -0.25) is 24.5 Å². The van der Waals surface area contributed by atoms with Crippen LogP contribution >= 0.6 is 0 Å². The molecule has 0 aromatic carbocycles. The summed E-state index contributed by atoms with van der Waals surface area (Å²) in [6, 6.07) is 1.12. The molecule has 0 aliphatic carbocycles. The summed E-state index contributed by atoms with van der Waals surface area (Å²) in [5.41, 5.74) is 6.10. The molecule has 1 aromatic heterocycles. The van der Waals surface area contributed by atoms with Gasteiger partial charge in [-0.15, -0.1) is 0 Å². The monoisotopic (exact) mass is 293 g/mol. The number of carbonyl (C=O) groups is 3. The zero-order chi connectivity index (χ0) is 15.3. The highest BCUT2D eigenvalue weighted by Gasteiger charge is 2.57. The van der Waals surface area contributed by atoms with Crippen molar-refractivity contribution < 1.29 is 23.6 Å². The molecule has 2 fully saturated rings. The van der Waals surface area contributed by atoms with Gasteiger partial charge < -0.3 is 10.2 Å². The number of primary amides is 1. The normalized spacial score (nSPS) is 28.8. The van der Waals surface area contributed by atoms with Crippen molar-refractivity contribution in [1.82, 2.24) is 10.4 Å². The molecular formula is C13H15N3O5. The first-order valence-electron chi connectivity index (χ1n) is 6.52. The van der Waals surface area contributed by atoms with Crippen LogP contribution in [0.1, 0.15) is 23.1 Å². The van der Waals surface area contributed by atoms with Crippen LogP contribution in [0.25, 0.3) is 0 Å². The summed E-state index contributed by atoms with van der Waals surface area (Å²) >= 11 is 0. The average molecular weight is 293 g/mol. The first kappa shape index (κ1) is 13.8. The standard InChI is InChI=1S/C13H15N3O5/c1-5-3-7(20-6(5)2)10-9-11(13(19)15-12(9)18)21-16(10)4-8(14)17/h3,9-11H,4H2,1-2H3,(H2,14,17)(H,15,18,19). The van der Waals surface area contributed by atoms with Crippen molar-refractivity contribution in [1.29, 1.82) is 0 Å². The Hall–Kier alpha value is -2.19. The lowest BCUT2D eigenvalue weighted by atomic mass is 9.94. The smallest absolute Gasteiger partial charge is 0.258 e. The second-order valence-corrected chi connectivity index (χ2v) is 5.28. The number of aryl methyl sites for hydroxylation is 2. The molecule has 2 aliphatic heterocycles. The van der Waals surface area contributed by atoms with E-state index in [1.165, 1.54) is 5.06 Å². The van der Waals surface area contributed by atoms with E-state index >= 15 is 0 Å². The molecule has 0 bridgehead atoms. The van der Waals surface area contributed by atoms with E-state index < -0.39 is 35.8 Å². The van der Waals surface area contributed by atoms with Gasteiger partial charge in [0.05, 0.1) is 0 Å². The molecule has 3 atom stereocenters. The van der Waals surface area contributed by atoms with Crippen LogP contribution in [0.3, 0.4) is 0 Å². The third-order valence-corrected chi connectivity index (χ3v) is 3.82. The average Bonchev–Trinajstić information content (AvgIpc) is 2.97. The summed E-state index contributed by atoms with van der Waals surface area (Å²) in [6.45, 7) is 3.44. The maximum atomic E-state index is 12.0. The fourth-order valence-corrected chi connectivity index (χ4v) is 2.75. The van der Waals surface area contributed by atoms with Gasteiger partial charge in [0, 0.05) is 0 Å². The van der Waals surface area contributed by atoms with Crippen molar-refractivity contribution in [2.45, 2.75) is 26.0 Å². The van der Waals surface area contributed by atoms with Crippen LogP contribution in [-0.4, -0.2) is 35.4 Å². The van der Waals surface area contributed by atoms with E-state index in [1.54, 1.807) is 13.0 Å². The predicted octanol–water partition coefficient (Wildman–Crippen LogP) is -0.689. The summed E-state index contributed by atoms with van der Waals surface area (Å²) in [7, 11) is 0. The molecule has 0 saturated carbocycles. The van der Waals surface area contributed by atoms with Gasteiger partial charge in [0.1, 0.15) is 30.0 Å². The molecule has 8 nitrogen and oxygen atoms in total. The first-order valence-corrected chi connectivity index (χ1v) is 6.52. The summed E-state index contributed by atoms with van der Waals surface area (Å²) in [4.78, 5) is 40.3. The van der Waals surface area contributed by atoms with Gasteiger partial charge >= 0.3 is 0 Å². The van der Waals surface area contributed by atoms with Gasteiger partial charge in [-0.05, 0) is 25.5 Å². The fraction of sp³-hybridized carbons (Fsp3) is 0.462. The number of fused-ring (bicyclic) bond motifs is 1. The van der Waals surface area contributed by atoms with Crippen molar-refractivity contribution in [2.75, 3.05) is 6.54 Å². The number of nitrogens with zero attached hydrogens (tertiary/aromatic N) is 1. The Labute approximate surface area is 120 Å². The highest BCUT2D eigenvalue weighted by atomic mass is 16.7. The van der Waals surface area contributed by atoms with Crippen LogP contribution in [0.5, 0.6) is 0 Å². The number of hydrogen-bond donors (Lipinski definition) is 2. The van der Waals surface area contributed by atoms with Gasteiger partial charge in [-0.1, -0.05) is 0 Å². The van der Waals surface area contributed by atoms with E-state index in [0.29, 0.717) is 11.5 Å². The molecule has 3 rings (SSSR count). The highest BCUT2D eigenvalue weighted by molar-refractivity contribution is 6.07. The lowest BCUT2D eigenvalue weighted by molar-refractivity contribution is -0.178. The Bertz CT molecular complexity index is 618. The third kappa shape index (κ3) is 2.12. The number of hydroxylamine groups is 2. The van der Waals surface area contributed by atoms with Crippen LogP contribution < -0.4 is 11.1 Å². The van der Waals surface area contributed by atoms with Crippen LogP contribution in [0.4, 0.5) is 0 Å². The topological polar surface area (TPSA) is 115 Å². The van der Waals surface area contributed by atoms with E-state index in [4.69, 9.17) is 15.0 Å². The van der Waals surface area contributed by atoms with Crippen LogP contribution in [-0.2, 0) is 19.2 Å². The molecule has 0 spiro atoms. The first-order chi connectivity index (χ1) is 9.88. The minimum absolute atomic E-state index is 0.225. The molecule has 3 amide bonds. The van der Waals surface area contributed by atoms with Crippen molar-refractivity contribution in [2.24, 2.45) is 11.7 Å². The number of amides is 3. The SMILES string of the molecule is Cc1cc(C2C3C(=O)NC(=O)C3ON2CC(N)=O)oc1C. The maximum Gasteiger partial charge on any atom is 0.258 e. The number of imide groups is 1. The van der Waals surface area contributed by atoms with Gasteiger partial charge in [-0.2, -0.15) is 5.06 Å². The van der Waals surface area contributed by atoms with Gasteiger partial charge in [0.2, 0.25) is 11.8 Å². The Morgan fingerprint density at radius 1 is 1.38 bits per heavy atom. The molecule has 2 saturated heterocycles. The minimum atomic E-state index is -0.951. The molecule has 21 heavy (non-hydrogen) atoms. The summed E-state index contributed by atoms with van der Waals surface area (Å²) in [5, 5.41) is 3.48.